The van der Waals surface area contributed by atoms with Crippen molar-refractivity contribution in [2.24, 2.45) is 5.92 Å². The normalized spacial score (nSPS) is 14.2. The molecule has 0 aliphatic carbocycles. The lowest BCUT2D eigenvalue weighted by Crippen LogP contribution is -2.47. The van der Waals surface area contributed by atoms with Crippen LogP contribution in [-0.4, -0.2) is 47.3 Å². The predicted octanol–water partition coefficient (Wildman–Crippen LogP) is 8.62. The summed E-state index contributed by atoms with van der Waals surface area (Å²) in [6.45, 7) is 10.3. The summed E-state index contributed by atoms with van der Waals surface area (Å²) in [5.74, 6) is -0.263. The highest BCUT2D eigenvalue weighted by Gasteiger charge is 2.29. The minimum atomic E-state index is -0.522. The fraction of sp³-hybridized carbons (Fsp3) is 0.444. The van der Waals surface area contributed by atoms with Gasteiger partial charge in [-0.2, -0.15) is 0 Å². The third kappa shape index (κ3) is 9.64. The predicted molar refractivity (Wildman–Crippen MR) is 174 cm³/mol. The van der Waals surface area contributed by atoms with E-state index in [-0.39, 0.29) is 22.5 Å². The van der Waals surface area contributed by atoms with Gasteiger partial charge in [0.2, 0.25) is 0 Å². The molecule has 230 valence electrons. The molecule has 43 heavy (non-hydrogen) atoms. The lowest BCUT2D eigenvalue weighted by Gasteiger charge is -2.39. The number of halogens is 2. The molecule has 0 atom stereocenters. The van der Waals surface area contributed by atoms with Gasteiger partial charge in [0.05, 0.1) is 10.6 Å². The number of likely N-dealkylation sites (tertiary alicyclic amines) is 1. The van der Waals surface area contributed by atoms with E-state index in [1.807, 2.05) is 41.3 Å². The molecule has 0 radical (unpaired) electrons. The Morgan fingerprint density at radius 2 is 1.65 bits per heavy atom. The minimum Gasteiger partial charge on any atom is -0.331 e. The molecule has 0 spiro atoms. The van der Waals surface area contributed by atoms with Gasteiger partial charge in [-0.25, -0.2) is 4.39 Å². The highest BCUT2D eigenvalue weighted by Crippen LogP contribution is 2.24. The standard InChI is InChI=1S/C36H45ClFN3O2/c1-4-5-6-7-27-8-12-29(13-9-27)36(43)41(32-19-22-40(23-20-32)21-18-26(2)3)25-28-10-15-31(16-11-28)39-35(42)33-24-30(38)14-17-34(33)37/h8-17,24,26,32H,4-7,18-23,25H2,1-3H3,(H,39,42). The summed E-state index contributed by atoms with van der Waals surface area (Å²) in [6.07, 6.45) is 7.68. The molecular weight excluding hydrogens is 561 g/mol. The Morgan fingerprint density at radius 1 is 0.977 bits per heavy atom. The zero-order chi connectivity index (χ0) is 30.8. The monoisotopic (exact) mass is 605 g/mol. The number of nitrogens with one attached hydrogen (secondary N) is 1. The molecule has 1 N–H and O–H groups in total. The van der Waals surface area contributed by atoms with Crippen LogP contribution in [0.15, 0.2) is 66.7 Å². The fourth-order valence-corrected chi connectivity index (χ4v) is 5.78. The number of unbranched alkanes of at least 4 members (excludes halogenated alkanes) is 2. The van der Waals surface area contributed by atoms with E-state index in [0.717, 1.165) is 62.5 Å². The smallest absolute Gasteiger partial charge is 0.257 e. The maximum absolute atomic E-state index is 14.0. The summed E-state index contributed by atoms with van der Waals surface area (Å²) in [5.41, 5.74) is 3.63. The van der Waals surface area contributed by atoms with E-state index < -0.39 is 11.7 Å². The second-order valence-corrected chi connectivity index (χ2v) is 12.5. The van der Waals surface area contributed by atoms with E-state index in [2.05, 4.69) is 43.1 Å². The van der Waals surface area contributed by atoms with Gasteiger partial charge < -0.3 is 15.1 Å². The summed E-state index contributed by atoms with van der Waals surface area (Å²) in [6, 6.07) is 19.5. The fourth-order valence-electron chi connectivity index (χ4n) is 5.58. The summed E-state index contributed by atoms with van der Waals surface area (Å²) in [7, 11) is 0. The molecule has 1 saturated heterocycles. The molecule has 3 aromatic carbocycles. The molecule has 7 heteroatoms. The van der Waals surface area contributed by atoms with E-state index in [9.17, 15) is 14.0 Å². The number of nitrogens with zero attached hydrogens (tertiary/aromatic N) is 2. The first-order valence-corrected chi connectivity index (χ1v) is 16.1. The molecule has 0 aromatic heterocycles. The maximum Gasteiger partial charge on any atom is 0.257 e. The highest BCUT2D eigenvalue weighted by molar-refractivity contribution is 6.34. The molecule has 1 aliphatic rings. The van der Waals surface area contributed by atoms with Crippen LogP contribution in [0.4, 0.5) is 10.1 Å². The number of anilines is 1. The Labute approximate surface area is 261 Å². The largest absolute Gasteiger partial charge is 0.331 e. The summed E-state index contributed by atoms with van der Waals surface area (Å²) in [4.78, 5) is 31.2. The number of hydrogen-bond donors (Lipinski definition) is 1. The molecule has 1 heterocycles. The SMILES string of the molecule is CCCCCc1ccc(C(=O)N(Cc2ccc(NC(=O)c3cc(F)ccc3Cl)cc2)C2CCN(CCC(C)C)CC2)cc1. The number of amides is 2. The molecule has 2 amide bonds. The highest BCUT2D eigenvalue weighted by atomic mass is 35.5. The van der Waals surface area contributed by atoms with Crippen molar-refractivity contribution in [1.29, 1.82) is 0 Å². The van der Waals surface area contributed by atoms with Crippen LogP contribution in [0.1, 0.15) is 91.1 Å². The van der Waals surface area contributed by atoms with Crippen LogP contribution in [0.5, 0.6) is 0 Å². The van der Waals surface area contributed by atoms with Crippen molar-refractivity contribution in [2.75, 3.05) is 25.0 Å². The molecule has 4 rings (SSSR count). The van der Waals surface area contributed by atoms with Gasteiger partial charge in [-0.3, -0.25) is 9.59 Å². The average Bonchev–Trinajstić information content (AvgIpc) is 3.01. The van der Waals surface area contributed by atoms with Crippen LogP contribution >= 0.6 is 11.6 Å². The zero-order valence-electron chi connectivity index (χ0n) is 25.8. The van der Waals surface area contributed by atoms with E-state index in [1.165, 1.54) is 37.0 Å². The van der Waals surface area contributed by atoms with Crippen LogP contribution in [0.25, 0.3) is 0 Å². The molecule has 0 saturated carbocycles. The van der Waals surface area contributed by atoms with Crippen molar-refractivity contribution in [1.82, 2.24) is 9.80 Å². The zero-order valence-corrected chi connectivity index (χ0v) is 26.5. The van der Waals surface area contributed by atoms with Gasteiger partial charge in [-0.1, -0.05) is 69.5 Å². The van der Waals surface area contributed by atoms with Gasteiger partial charge in [0.15, 0.2) is 0 Å². The Bertz CT molecular complexity index is 1340. The number of aryl methyl sites for hydroxylation is 1. The second-order valence-electron chi connectivity index (χ2n) is 12.1. The maximum atomic E-state index is 14.0. The number of rotatable bonds is 13. The number of carbonyl (C=O) groups excluding carboxylic acids is 2. The Kier molecular flexibility index (Phi) is 12.2. The Balaban J connectivity index is 1.46. The minimum absolute atomic E-state index is 0.0545. The average molecular weight is 606 g/mol. The van der Waals surface area contributed by atoms with Crippen molar-refractivity contribution in [3.8, 4) is 0 Å². The van der Waals surface area contributed by atoms with E-state index in [1.54, 1.807) is 0 Å². The topological polar surface area (TPSA) is 52.7 Å². The third-order valence-electron chi connectivity index (χ3n) is 8.29. The molecule has 0 bridgehead atoms. The van der Waals surface area contributed by atoms with Crippen LogP contribution in [0.3, 0.4) is 0 Å². The molecule has 5 nitrogen and oxygen atoms in total. The third-order valence-corrected chi connectivity index (χ3v) is 8.62. The number of hydrogen-bond acceptors (Lipinski definition) is 3. The van der Waals surface area contributed by atoms with Crippen LogP contribution < -0.4 is 5.32 Å². The van der Waals surface area contributed by atoms with Crippen molar-refractivity contribution in [2.45, 2.75) is 78.3 Å². The lowest BCUT2D eigenvalue weighted by molar-refractivity contribution is 0.0546. The van der Waals surface area contributed by atoms with Gasteiger partial charge in [0, 0.05) is 36.9 Å². The van der Waals surface area contributed by atoms with Crippen LogP contribution in [0.2, 0.25) is 5.02 Å². The molecule has 1 aliphatic heterocycles. The lowest BCUT2D eigenvalue weighted by atomic mass is 9.99. The van der Waals surface area contributed by atoms with E-state index in [0.29, 0.717) is 18.2 Å². The second kappa shape index (κ2) is 16.0. The molecule has 0 unspecified atom stereocenters. The van der Waals surface area contributed by atoms with Gasteiger partial charge in [-0.15, -0.1) is 0 Å². The van der Waals surface area contributed by atoms with Crippen molar-refractivity contribution >= 4 is 29.1 Å². The Morgan fingerprint density at radius 3 is 2.30 bits per heavy atom. The number of carbonyl (C=O) groups is 2. The molecule has 1 fully saturated rings. The molecule has 3 aromatic rings. The van der Waals surface area contributed by atoms with Crippen molar-refractivity contribution < 1.29 is 14.0 Å². The first-order valence-electron chi connectivity index (χ1n) is 15.7. The van der Waals surface area contributed by atoms with Crippen molar-refractivity contribution in [3.63, 3.8) is 0 Å². The summed E-state index contributed by atoms with van der Waals surface area (Å²) >= 11 is 6.10. The van der Waals surface area contributed by atoms with E-state index in [4.69, 9.17) is 11.6 Å². The van der Waals surface area contributed by atoms with E-state index >= 15 is 0 Å². The van der Waals surface area contributed by atoms with Crippen LogP contribution in [0, 0.1) is 11.7 Å². The quantitative estimate of drug-likeness (QED) is 0.198. The Hall–Kier alpha value is -3.22. The number of benzene rings is 3. The van der Waals surface area contributed by atoms with Gasteiger partial charge in [0.25, 0.3) is 11.8 Å². The first-order chi connectivity index (χ1) is 20.7. The number of piperidine rings is 1. The van der Waals surface area contributed by atoms with Crippen LogP contribution in [-0.2, 0) is 13.0 Å². The van der Waals surface area contributed by atoms with Crippen molar-refractivity contribution in [3.05, 3.63) is 99.8 Å². The molecular formula is C36H45ClFN3O2. The van der Waals surface area contributed by atoms with Gasteiger partial charge >= 0.3 is 0 Å². The first kappa shape index (κ1) is 32.7. The van der Waals surface area contributed by atoms with Gasteiger partial charge in [-0.05, 0) is 98.2 Å². The summed E-state index contributed by atoms with van der Waals surface area (Å²) in [5, 5.41) is 2.98. The van der Waals surface area contributed by atoms with Gasteiger partial charge in [0.1, 0.15) is 5.82 Å². The summed E-state index contributed by atoms with van der Waals surface area (Å²) < 4.78 is 13.7.